The molecule has 0 fully saturated rings. The molecule has 0 aliphatic rings. The fourth-order valence-corrected chi connectivity index (χ4v) is 8.70. The van der Waals surface area contributed by atoms with Gasteiger partial charge in [0.15, 0.2) is 5.58 Å². The van der Waals surface area contributed by atoms with E-state index in [1.807, 2.05) is 0 Å². The molecule has 0 radical (unpaired) electrons. The first-order chi connectivity index (χ1) is 29.7. The van der Waals surface area contributed by atoms with Gasteiger partial charge in [-0.15, -0.1) is 0 Å². The summed E-state index contributed by atoms with van der Waals surface area (Å²) in [7, 11) is 0. The van der Waals surface area contributed by atoms with Gasteiger partial charge in [-0.05, 0) is 103 Å². The summed E-state index contributed by atoms with van der Waals surface area (Å²) >= 11 is 0. The first-order valence-electron chi connectivity index (χ1n) is 20.5. The van der Waals surface area contributed by atoms with E-state index in [4.69, 9.17) is 4.42 Å². The van der Waals surface area contributed by atoms with Gasteiger partial charge >= 0.3 is 0 Å². The lowest BCUT2D eigenvalue weighted by atomic mass is 9.96. The van der Waals surface area contributed by atoms with Crippen LogP contribution in [0.4, 0.5) is 17.1 Å². The van der Waals surface area contributed by atoms with Gasteiger partial charge in [-0.3, -0.25) is 0 Å². The van der Waals surface area contributed by atoms with E-state index in [-0.39, 0.29) is 0 Å². The maximum atomic E-state index is 7.17. The topological polar surface area (TPSA) is 16.4 Å². The highest BCUT2D eigenvalue weighted by atomic mass is 16.3. The summed E-state index contributed by atoms with van der Waals surface area (Å²) < 4.78 is 7.17. The van der Waals surface area contributed by atoms with Crippen LogP contribution < -0.4 is 4.90 Å². The van der Waals surface area contributed by atoms with Crippen LogP contribution >= 0.6 is 0 Å². The Hall–Kier alpha value is -7.94. The Morgan fingerprint density at radius 1 is 0.267 bits per heavy atom. The van der Waals surface area contributed by atoms with Crippen LogP contribution in [0.1, 0.15) is 0 Å². The van der Waals surface area contributed by atoms with Crippen LogP contribution in [0.15, 0.2) is 241 Å². The van der Waals surface area contributed by atoms with Gasteiger partial charge in [-0.1, -0.05) is 194 Å². The summed E-state index contributed by atoms with van der Waals surface area (Å²) in [5.41, 5.74) is 16.3. The number of rotatable bonds is 8. The molecule has 60 heavy (non-hydrogen) atoms. The molecule has 0 bridgehead atoms. The van der Waals surface area contributed by atoms with Gasteiger partial charge in [0.2, 0.25) is 0 Å². The number of hydrogen-bond acceptors (Lipinski definition) is 2. The zero-order valence-electron chi connectivity index (χ0n) is 32.9. The van der Waals surface area contributed by atoms with Crippen molar-refractivity contribution in [3.63, 3.8) is 0 Å². The van der Waals surface area contributed by atoms with E-state index in [0.29, 0.717) is 0 Å². The number of anilines is 3. The number of fused-ring (bicyclic) bond motifs is 4. The van der Waals surface area contributed by atoms with Gasteiger partial charge in [-0.2, -0.15) is 0 Å². The highest BCUT2D eigenvalue weighted by Gasteiger charge is 2.23. The van der Waals surface area contributed by atoms with Crippen molar-refractivity contribution < 1.29 is 4.42 Å². The quantitative estimate of drug-likeness (QED) is 0.153. The second-order valence-electron chi connectivity index (χ2n) is 15.3. The highest BCUT2D eigenvalue weighted by molar-refractivity contribution is 6.15. The Balaban J connectivity index is 1.16. The molecule has 0 saturated carbocycles. The molecule has 0 atom stereocenters. The van der Waals surface area contributed by atoms with Crippen LogP contribution in [0.25, 0.3) is 88.3 Å². The van der Waals surface area contributed by atoms with Crippen LogP contribution in [0.3, 0.4) is 0 Å². The molecule has 0 spiro atoms. The average molecular weight is 766 g/mol. The Morgan fingerprint density at radius 2 is 0.783 bits per heavy atom. The standard InChI is InChI=1S/C58H39NO/c1-5-16-40(17-6-1)46-25-13-26-47(36-46)42-30-33-49(34-31-42)59(50-35-32-45-24-14-27-51(54(45)39-50)43-20-9-3-10-21-43)56-38-48(41-18-7-2-8-19-41)37-55-53-29-15-28-52(57(53)60-58(55)56)44-22-11-4-12-23-44/h1-39H. The van der Waals surface area contributed by atoms with Crippen LogP contribution in [0.5, 0.6) is 0 Å². The molecule has 0 aliphatic carbocycles. The summed E-state index contributed by atoms with van der Waals surface area (Å²) in [5.74, 6) is 0. The minimum absolute atomic E-state index is 0.837. The first kappa shape index (κ1) is 35.2. The Labute approximate surface area is 349 Å². The largest absolute Gasteiger partial charge is 0.453 e. The lowest BCUT2D eigenvalue weighted by molar-refractivity contribution is 0.670. The van der Waals surface area contributed by atoms with Gasteiger partial charge < -0.3 is 9.32 Å². The molecule has 0 saturated heterocycles. The van der Waals surface area contributed by atoms with Crippen molar-refractivity contribution in [1.82, 2.24) is 0 Å². The van der Waals surface area contributed by atoms with Gasteiger partial charge in [0.25, 0.3) is 0 Å². The van der Waals surface area contributed by atoms with E-state index in [0.717, 1.165) is 66.8 Å². The van der Waals surface area contributed by atoms with Crippen molar-refractivity contribution >= 4 is 49.8 Å². The predicted octanol–water partition coefficient (Wildman–Crippen LogP) is 16.5. The van der Waals surface area contributed by atoms with E-state index in [9.17, 15) is 0 Å². The Morgan fingerprint density at radius 3 is 1.45 bits per heavy atom. The van der Waals surface area contributed by atoms with Crippen molar-refractivity contribution in [2.24, 2.45) is 0 Å². The smallest absolute Gasteiger partial charge is 0.159 e. The molecule has 11 aromatic rings. The monoisotopic (exact) mass is 765 g/mol. The summed E-state index contributed by atoms with van der Waals surface area (Å²) in [6.45, 7) is 0. The maximum Gasteiger partial charge on any atom is 0.159 e. The number of para-hydroxylation sites is 1. The van der Waals surface area contributed by atoms with E-state index in [1.54, 1.807) is 0 Å². The zero-order chi connectivity index (χ0) is 39.8. The van der Waals surface area contributed by atoms with Crippen molar-refractivity contribution in [2.75, 3.05) is 4.90 Å². The predicted molar refractivity (Wildman–Crippen MR) is 253 cm³/mol. The molecule has 0 aliphatic heterocycles. The second kappa shape index (κ2) is 15.1. The Kier molecular flexibility index (Phi) is 8.87. The van der Waals surface area contributed by atoms with E-state index < -0.39 is 0 Å². The van der Waals surface area contributed by atoms with E-state index in [2.05, 4.69) is 241 Å². The fraction of sp³-hybridized carbons (Fsp3) is 0. The van der Waals surface area contributed by atoms with Crippen molar-refractivity contribution in [1.29, 1.82) is 0 Å². The third kappa shape index (κ3) is 6.41. The summed E-state index contributed by atoms with van der Waals surface area (Å²) in [4.78, 5) is 2.38. The number of benzene rings is 10. The molecule has 0 unspecified atom stereocenters. The van der Waals surface area contributed by atoms with Crippen LogP contribution in [0.2, 0.25) is 0 Å². The second-order valence-corrected chi connectivity index (χ2v) is 15.3. The molecule has 0 amide bonds. The fourth-order valence-electron chi connectivity index (χ4n) is 8.70. The molecular formula is C58H39NO. The number of nitrogens with zero attached hydrogens (tertiary/aromatic N) is 1. The minimum Gasteiger partial charge on any atom is -0.453 e. The number of furan rings is 1. The SMILES string of the molecule is c1ccc(-c2cccc(-c3ccc(N(c4ccc5cccc(-c6ccccc6)c5c4)c4cc(-c5ccccc5)cc5c4oc4c(-c6ccccc6)cccc45)cc3)c2)cc1. The third-order valence-electron chi connectivity index (χ3n) is 11.6. The molecule has 10 aromatic carbocycles. The van der Waals surface area contributed by atoms with Gasteiger partial charge in [0.05, 0.1) is 5.69 Å². The van der Waals surface area contributed by atoms with Gasteiger partial charge in [0, 0.05) is 27.7 Å². The van der Waals surface area contributed by atoms with Crippen molar-refractivity contribution in [2.45, 2.75) is 0 Å². The molecule has 282 valence electrons. The first-order valence-corrected chi connectivity index (χ1v) is 20.5. The third-order valence-corrected chi connectivity index (χ3v) is 11.6. The van der Waals surface area contributed by atoms with Crippen LogP contribution in [-0.2, 0) is 0 Å². The minimum atomic E-state index is 0.837. The van der Waals surface area contributed by atoms with Gasteiger partial charge in [0.1, 0.15) is 5.58 Å². The molecule has 2 heteroatoms. The number of hydrogen-bond donors (Lipinski definition) is 0. The highest BCUT2D eigenvalue weighted by Crippen LogP contribution is 2.47. The maximum absolute atomic E-state index is 7.17. The molecule has 2 nitrogen and oxygen atoms in total. The van der Waals surface area contributed by atoms with E-state index >= 15 is 0 Å². The van der Waals surface area contributed by atoms with Crippen LogP contribution in [0, 0.1) is 0 Å². The van der Waals surface area contributed by atoms with Gasteiger partial charge in [-0.25, -0.2) is 0 Å². The molecular weight excluding hydrogens is 727 g/mol. The lowest BCUT2D eigenvalue weighted by Crippen LogP contribution is -2.10. The average Bonchev–Trinajstić information content (AvgIpc) is 3.72. The summed E-state index contributed by atoms with van der Waals surface area (Å²) in [5, 5.41) is 4.54. The molecule has 1 heterocycles. The molecule has 1 aromatic heterocycles. The van der Waals surface area contributed by atoms with E-state index in [1.165, 1.54) is 38.6 Å². The van der Waals surface area contributed by atoms with Crippen molar-refractivity contribution in [3.05, 3.63) is 237 Å². The van der Waals surface area contributed by atoms with Crippen molar-refractivity contribution in [3.8, 4) is 55.6 Å². The summed E-state index contributed by atoms with van der Waals surface area (Å²) in [6.07, 6.45) is 0. The lowest BCUT2D eigenvalue weighted by Gasteiger charge is -2.27. The Bertz CT molecular complexity index is 3280. The zero-order valence-corrected chi connectivity index (χ0v) is 32.9. The normalized spacial score (nSPS) is 11.3. The molecule has 11 rings (SSSR count). The summed E-state index contributed by atoms with van der Waals surface area (Å²) in [6, 6.07) is 84.7. The van der Waals surface area contributed by atoms with Crippen LogP contribution in [-0.4, -0.2) is 0 Å². The molecule has 0 N–H and O–H groups in total.